The molecule has 0 aliphatic heterocycles. The Balaban J connectivity index is 1.79. The van der Waals surface area contributed by atoms with Crippen LogP contribution >= 0.6 is 11.3 Å². The summed E-state index contributed by atoms with van der Waals surface area (Å²) in [5, 5.41) is 11.8. The van der Waals surface area contributed by atoms with Crippen LogP contribution in [0.4, 0.5) is 15.3 Å². The van der Waals surface area contributed by atoms with Gasteiger partial charge in [0.05, 0.1) is 6.54 Å². The van der Waals surface area contributed by atoms with Gasteiger partial charge in [0.25, 0.3) is 0 Å². The highest BCUT2D eigenvalue weighted by Crippen LogP contribution is 2.34. The lowest BCUT2D eigenvalue weighted by Crippen LogP contribution is -2.39. The van der Waals surface area contributed by atoms with Gasteiger partial charge in [-0.2, -0.15) is 4.52 Å². The molecule has 0 radical (unpaired) electrons. The minimum atomic E-state index is -0.314. The van der Waals surface area contributed by atoms with Gasteiger partial charge in [-0.1, -0.05) is 37.3 Å². The number of aromatic nitrogens is 3. The molecule has 1 aromatic carbocycles. The van der Waals surface area contributed by atoms with Gasteiger partial charge in [0.1, 0.15) is 11.5 Å². The maximum Gasteiger partial charge on any atom is 0.239 e. The van der Waals surface area contributed by atoms with Crippen molar-refractivity contribution in [1.29, 1.82) is 0 Å². The minimum absolute atomic E-state index is 0.0500. The molecule has 0 aliphatic rings. The largest absolute Gasteiger partial charge is 0.364 e. The zero-order chi connectivity index (χ0) is 24.2. The monoisotopic (exact) mass is 475 g/mol. The highest BCUT2D eigenvalue weighted by Gasteiger charge is 2.23. The number of carbonyl (C=O) groups excluding carboxylic acids is 1. The van der Waals surface area contributed by atoms with Crippen LogP contribution in [0.2, 0.25) is 0 Å². The second kappa shape index (κ2) is 10.5. The quantitative estimate of drug-likeness (QED) is 0.466. The van der Waals surface area contributed by atoms with Gasteiger partial charge >= 0.3 is 0 Å². The fourth-order valence-electron chi connectivity index (χ4n) is 3.43. The average molecular weight is 476 g/mol. The summed E-state index contributed by atoms with van der Waals surface area (Å²) in [6, 6.07) is 6.39. The van der Waals surface area contributed by atoms with Crippen LogP contribution in [0.1, 0.15) is 34.6 Å². The number of anilines is 2. The van der Waals surface area contributed by atoms with Crippen molar-refractivity contribution in [2.24, 2.45) is 0 Å². The minimum Gasteiger partial charge on any atom is -0.364 e. The fourth-order valence-corrected chi connectivity index (χ4v) is 4.29. The molecule has 2 N–H and O–H groups in total. The number of hydrogen-bond donors (Lipinski definition) is 2. The molecule has 1 amide bonds. The summed E-state index contributed by atoms with van der Waals surface area (Å²) in [6.07, 6.45) is 0. The van der Waals surface area contributed by atoms with Crippen molar-refractivity contribution in [3.05, 3.63) is 30.1 Å². The Hall–Kier alpha value is -2.72. The Morgan fingerprint density at radius 3 is 2.61 bits per heavy atom. The van der Waals surface area contributed by atoms with Crippen molar-refractivity contribution < 1.29 is 9.18 Å². The molecule has 8 nitrogen and oxygen atoms in total. The molecular weight excluding hydrogens is 441 g/mol. The van der Waals surface area contributed by atoms with Crippen molar-refractivity contribution in [1.82, 2.24) is 24.8 Å². The first-order chi connectivity index (χ1) is 15.6. The second-order valence-electron chi connectivity index (χ2n) is 9.01. The van der Waals surface area contributed by atoms with E-state index in [1.165, 1.54) is 23.5 Å². The van der Waals surface area contributed by atoms with Gasteiger partial charge in [-0.15, -0.1) is 5.10 Å². The van der Waals surface area contributed by atoms with E-state index in [0.717, 1.165) is 19.6 Å². The van der Waals surface area contributed by atoms with Gasteiger partial charge in [0.2, 0.25) is 16.0 Å². The molecule has 3 aromatic rings. The summed E-state index contributed by atoms with van der Waals surface area (Å²) in [4.78, 5) is 21.9. The maximum absolute atomic E-state index is 13.9. The van der Waals surface area contributed by atoms with E-state index in [9.17, 15) is 9.18 Å². The zero-order valence-electron chi connectivity index (χ0n) is 20.3. The Morgan fingerprint density at radius 1 is 1.24 bits per heavy atom. The lowest BCUT2D eigenvalue weighted by molar-refractivity contribution is -0.119. The van der Waals surface area contributed by atoms with Crippen LogP contribution in [0, 0.1) is 5.82 Å². The molecule has 0 aliphatic carbocycles. The number of fused-ring (bicyclic) bond motifs is 1. The van der Waals surface area contributed by atoms with Crippen LogP contribution in [0.5, 0.6) is 0 Å². The Kier molecular flexibility index (Phi) is 7.91. The third-order valence-corrected chi connectivity index (χ3v) is 6.16. The van der Waals surface area contributed by atoms with E-state index in [-0.39, 0.29) is 23.8 Å². The number of carbonyl (C=O) groups is 1. The summed E-state index contributed by atoms with van der Waals surface area (Å²) in [5.41, 5.74) is 1.08. The summed E-state index contributed by atoms with van der Waals surface area (Å²) >= 11 is 1.39. The summed E-state index contributed by atoms with van der Waals surface area (Å²) < 4.78 is 15.6. The van der Waals surface area contributed by atoms with Crippen LogP contribution in [0.3, 0.4) is 0 Å². The number of imidazole rings is 1. The summed E-state index contributed by atoms with van der Waals surface area (Å²) in [5.74, 6) is 0.333. The second-order valence-corrected chi connectivity index (χ2v) is 9.94. The maximum atomic E-state index is 13.9. The van der Waals surface area contributed by atoms with Gasteiger partial charge in [-0.25, -0.2) is 9.37 Å². The van der Waals surface area contributed by atoms with E-state index in [0.29, 0.717) is 33.7 Å². The molecule has 33 heavy (non-hydrogen) atoms. The van der Waals surface area contributed by atoms with E-state index in [4.69, 9.17) is 10.1 Å². The molecule has 0 saturated heterocycles. The van der Waals surface area contributed by atoms with Crippen molar-refractivity contribution in [2.75, 3.05) is 50.0 Å². The molecule has 2 heterocycles. The van der Waals surface area contributed by atoms with E-state index in [1.807, 2.05) is 38.8 Å². The van der Waals surface area contributed by atoms with Gasteiger partial charge in [-0.05, 0) is 46.0 Å². The topological polar surface area (TPSA) is 77.8 Å². The van der Waals surface area contributed by atoms with Crippen molar-refractivity contribution in [3.8, 4) is 11.3 Å². The number of rotatable bonds is 10. The Morgan fingerprint density at radius 2 is 1.97 bits per heavy atom. The fraction of sp³-hybridized carbons (Fsp3) is 0.522. The molecule has 0 spiro atoms. The molecule has 180 valence electrons. The number of benzene rings is 1. The first-order valence-corrected chi connectivity index (χ1v) is 12.1. The highest BCUT2D eigenvalue weighted by atomic mass is 32.1. The number of halogens is 1. The number of likely N-dealkylation sites (N-methyl/N-ethyl adjacent to an activating group) is 2. The van der Waals surface area contributed by atoms with Gasteiger partial charge in [0.15, 0.2) is 5.82 Å². The lowest BCUT2D eigenvalue weighted by atomic mass is 10.1. The molecular formula is C23H34FN7OS. The zero-order valence-corrected chi connectivity index (χ0v) is 21.1. The molecule has 0 atom stereocenters. The molecule has 10 heteroatoms. The molecule has 2 aromatic heterocycles. The molecule has 0 fully saturated rings. The van der Waals surface area contributed by atoms with Gasteiger partial charge in [-0.3, -0.25) is 4.79 Å². The normalized spacial score (nSPS) is 11.9. The number of nitrogens with zero attached hydrogens (tertiary/aromatic N) is 5. The Labute approximate surface area is 198 Å². The standard InChI is InChI=1S/C23H34FN7OS/c1-7-30(8-2)13-12-25-18(32)15-29(6)22-28-31-20(27-23(3,4)5)19(26-21(31)33-22)16-10-9-11-17(24)14-16/h9-11,14,27H,7-8,12-13,15H2,1-6H3,(H,25,32). The third kappa shape index (κ3) is 6.42. The smallest absolute Gasteiger partial charge is 0.239 e. The molecule has 0 bridgehead atoms. The van der Waals surface area contributed by atoms with Crippen molar-refractivity contribution >= 4 is 33.2 Å². The van der Waals surface area contributed by atoms with Crippen molar-refractivity contribution in [2.45, 2.75) is 40.2 Å². The average Bonchev–Trinajstić information content (AvgIpc) is 3.30. The number of amides is 1. The first-order valence-electron chi connectivity index (χ1n) is 11.2. The van der Waals surface area contributed by atoms with E-state index in [1.54, 1.807) is 10.6 Å². The van der Waals surface area contributed by atoms with Crippen LogP contribution in [0.25, 0.3) is 16.2 Å². The van der Waals surface area contributed by atoms with Crippen LogP contribution < -0.4 is 15.5 Å². The van der Waals surface area contributed by atoms with Crippen LogP contribution in [-0.2, 0) is 4.79 Å². The predicted molar refractivity (Wildman–Crippen MR) is 134 cm³/mol. The molecule has 0 unspecified atom stereocenters. The number of hydrogen-bond acceptors (Lipinski definition) is 7. The summed E-state index contributed by atoms with van der Waals surface area (Å²) in [6.45, 7) is 13.9. The number of nitrogens with one attached hydrogen (secondary N) is 2. The van der Waals surface area contributed by atoms with Crippen LogP contribution in [-0.4, -0.2) is 70.7 Å². The van der Waals surface area contributed by atoms with Gasteiger partial charge < -0.3 is 20.4 Å². The summed E-state index contributed by atoms with van der Waals surface area (Å²) in [7, 11) is 1.84. The Bertz CT molecular complexity index is 1080. The van der Waals surface area contributed by atoms with E-state index in [2.05, 4.69) is 29.4 Å². The van der Waals surface area contributed by atoms with Gasteiger partial charge in [0, 0.05) is 31.2 Å². The molecule has 3 rings (SSSR count). The van der Waals surface area contributed by atoms with Crippen molar-refractivity contribution in [3.63, 3.8) is 0 Å². The van der Waals surface area contributed by atoms with E-state index < -0.39 is 0 Å². The lowest BCUT2D eigenvalue weighted by Gasteiger charge is -2.22. The SMILES string of the molecule is CCN(CC)CCNC(=O)CN(C)c1nn2c(NC(C)(C)C)c(-c3cccc(F)c3)nc2s1. The van der Waals surface area contributed by atoms with Crippen LogP contribution in [0.15, 0.2) is 24.3 Å². The third-order valence-electron chi connectivity index (χ3n) is 5.14. The highest BCUT2D eigenvalue weighted by molar-refractivity contribution is 7.20. The van der Waals surface area contributed by atoms with E-state index >= 15 is 0 Å². The first kappa shape index (κ1) is 24.9. The predicted octanol–water partition coefficient (Wildman–Crippen LogP) is 3.70. The molecule has 0 saturated carbocycles.